The number of benzene rings is 1. The Hall–Kier alpha value is -1.73. The smallest absolute Gasteiger partial charge is 0.326 e. The van der Waals surface area contributed by atoms with Gasteiger partial charge in [0.1, 0.15) is 10.9 Å². The molecule has 5 nitrogen and oxygen atoms in total. The lowest BCUT2D eigenvalue weighted by atomic mass is 9.94. The zero-order valence-corrected chi connectivity index (χ0v) is 14.1. The number of carbonyl (C=O) groups excluding carboxylic acids is 1. The average Bonchev–Trinajstić information content (AvgIpc) is 2.92. The number of thiazole rings is 1. The SMILES string of the molecule is Cc1ncc(C(=O)N2Cc3cccc(Br)c3CC2C(=O)O)s1. The number of aliphatic carboxylic acids is 1. The highest BCUT2D eigenvalue weighted by Crippen LogP contribution is 2.31. The normalized spacial score (nSPS) is 17.2. The Bertz CT molecular complexity index is 759. The summed E-state index contributed by atoms with van der Waals surface area (Å²) in [6.45, 7) is 2.11. The first-order valence-corrected chi connectivity index (χ1v) is 8.31. The van der Waals surface area contributed by atoms with Crippen molar-refractivity contribution in [2.45, 2.75) is 25.9 Å². The van der Waals surface area contributed by atoms with Crippen LogP contribution in [0.4, 0.5) is 0 Å². The summed E-state index contributed by atoms with van der Waals surface area (Å²) < 4.78 is 0.886. The molecule has 7 heteroatoms. The molecule has 114 valence electrons. The number of carboxylic acids is 1. The van der Waals surface area contributed by atoms with Gasteiger partial charge in [-0.3, -0.25) is 4.79 Å². The number of halogens is 1. The monoisotopic (exact) mass is 380 g/mol. The van der Waals surface area contributed by atoms with Gasteiger partial charge in [-0.05, 0) is 24.1 Å². The van der Waals surface area contributed by atoms with Gasteiger partial charge in [-0.15, -0.1) is 11.3 Å². The maximum Gasteiger partial charge on any atom is 0.326 e. The van der Waals surface area contributed by atoms with E-state index in [2.05, 4.69) is 20.9 Å². The number of aryl methyl sites for hydroxylation is 1. The van der Waals surface area contributed by atoms with Crippen LogP contribution in [0.2, 0.25) is 0 Å². The van der Waals surface area contributed by atoms with Gasteiger partial charge >= 0.3 is 5.97 Å². The molecule has 1 unspecified atom stereocenters. The Balaban J connectivity index is 1.99. The van der Waals surface area contributed by atoms with Gasteiger partial charge in [-0.2, -0.15) is 0 Å². The average molecular weight is 381 g/mol. The number of carbonyl (C=O) groups is 2. The molecule has 1 aliphatic heterocycles. The predicted octanol–water partition coefficient (Wildman–Crippen LogP) is 2.87. The van der Waals surface area contributed by atoms with Crippen molar-refractivity contribution in [3.8, 4) is 0 Å². The maximum absolute atomic E-state index is 12.6. The first kappa shape index (κ1) is 15.2. The molecular weight excluding hydrogens is 368 g/mol. The van der Waals surface area contributed by atoms with Gasteiger partial charge in [0, 0.05) is 17.4 Å². The highest BCUT2D eigenvalue weighted by Gasteiger charge is 2.36. The fourth-order valence-corrected chi connectivity index (χ4v) is 3.92. The largest absolute Gasteiger partial charge is 0.480 e. The van der Waals surface area contributed by atoms with E-state index in [-0.39, 0.29) is 5.91 Å². The molecule has 0 aliphatic carbocycles. The molecule has 1 atom stereocenters. The van der Waals surface area contributed by atoms with Crippen LogP contribution in [0.1, 0.15) is 25.8 Å². The predicted molar refractivity (Wildman–Crippen MR) is 86.0 cm³/mol. The van der Waals surface area contributed by atoms with E-state index in [1.165, 1.54) is 22.4 Å². The Labute approximate surface area is 139 Å². The number of hydrogen-bond donors (Lipinski definition) is 1. The van der Waals surface area contributed by atoms with Crippen LogP contribution in [-0.2, 0) is 17.8 Å². The molecule has 3 rings (SSSR count). The van der Waals surface area contributed by atoms with E-state index in [9.17, 15) is 14.7 Å². The van der Waals surface area contributed by atoms with Crippen LogP contribution in [0.3, 0.4) is 0 Å². The summed E-state index contributed by atoms with van der Waals surface area (Å²) in [7, 11) is 0. The van der Waals surface area contributed by atoms with Gasteiger partial charge in [-0.25, -0.2) is 9.78 Å². The van der Waals surface area contributed by atoms with Crippen LogP contribution in [0, 0.1) is 6.92 Å². The zero-order valence-electron chi connectivity index (χ0n) is 11.7. The third-order valence-electron chi connectivity index (χ3n) is 3.71. The van der Waals surface area contributed by atoms with Crippen molar-refractivity contribution in [2.24, 2.45) is 0 Å². The first-order chi connectivity index (χ1) is 10.5. The van der Waals surface area contributed by atoms with Crippen LogP contribution in [0.25, 0.3) is 0 Å². The fourth-order valence-electron chi connectivity index (χ4n) is 2.61. The van der Waals surface area contributed by atoms with Crippen LogP contribution < -0.4 is 0 Å². The maximum atomic E-state index is 12.6. The van der Waals surface area contributed by atoms with Gasteiger partial charge < -0.3 is 10.0 Å². The summed E-state index contributed by atoms with van der Waals surface area (Å²) in [5.41, 5.74) is 1.93. The Morgan fingerprint density at radius 3 is 2.86 bits per heavy atom. The molecule has 0 spiro atoms. The van der Waals surface area contributed by atoms with Crippen LogP contribution in [-0.4, -0.2) is 32.9 Å². The molecule has 1 amide bonds. The van der Waals surface area contributed by atoms with Crippen molar-refractivity contribution < 1.29 is 14.7 Å². The van der Waals surface area contributed by atoms with E-state index in [4.69, 9.17) is 0 Å². The molecule has 0 fully saturated rings. The Kier molecular flexibility index (Phi) is 4.01. The van der Waals surface area contributed by atoms with Crippen molar-refractivity contribution in [3.63, 3.8) is 0 Å². The van der Waals surface area contributed by atoms with Crippen molar-refractivity contribution >= 4 is 39.1 Å². The number of nitrogens with zero attached hydrogens (tertiary/aromatic N) is 2. The van der Waals surface area contributed by atoms with E-state index in [0.717, 1.165) is 20.6 Å². The van der Waals surface area contributed by atoms with Crippen LogP contribution >= 0.6 is 27.3 Å². The van der Waals surface area contributed by atoms with Crippen molar-refractivity contribution in [1.82, 2.24) is 9.88 Å². The summed E-state index contributed by atoms with van der Waals surface area (Å²) in [5.74, 6) is -1.26. The van der Waals surface area contributed by atoms with Crippen molar-refractivity contribution in [3.05, 3.63) is 49.9 Å². The summed E-state index contributed by atoms with van der Waals surface area (Å²) >= 11 is 4.74. The number of fused-ring (bicyclic) bond motifs is 1. The number of aromatic nitrogens is 1. The molecule has 22 heavy (non-hydrogen) atoms. The minimum absolute atomic E-state index is 0.274. The summed E-state index contributed by atoms with van der Waals surface area (Å²) in [4.78, 5) is 30.2. The standard InChI is InChI=1S/C15H13BrN2O3S/c1-8-17-6-13(22-8)14(19)18-7-9-3-2-4-11(16)10(9)5-12(18)15(20)21/h2-4,6,12H,5,7H2,1H3,(H,20,21). The Morgan fingerprint density at radius 2 is 2.23 bits per heavy atom. The molecule has 1 aliphatic rings. The van der Waals surface area contributed by atoms with Crippen LogP contribution in [0.15, 0.2) is 28.9 Å². The molecular formula is C15H13BrN2O3S. The van der Waals surface area contributed by atoms with E-state index < -0.39 is 12.0 Å². The van der Waals surface area contributed by atoms with Crippen molar-refractivity contribution in [2.75, 3.05) is 0 Å². The number of amides is 1. The molecule has 1 N–H and O–H groups in total. The van der Waals surface area contributed by atoms with Gasteiger partial charge in [-0.1, -0.05) is 28.1 Å². The first-order valence-electron chi connectivity index (χ1n) is 6.70. The zero-order chi connectivity index (χ0) is 15.9. The van der Waals surface area contributed by atoms with Gasteiger partial charge in [0.25, 0.3) is 5.91 Å². The lowest BCUT2D eigenvalue weighted by Gasteiger charge is -2.34. The van der Waals surface area contributed by atoms with E-state index in [1.54, 1.807) is 0 Å². The van der Waals surface area contributed by atoms with Crippen molar-refractivity contribution in [1.29, 1.82) is 0 Å². The summed E-state index contributed by atoms with van der Waals surface area (Å²) in [6, 6.07) is 4.85. The van der Waals surface area contributed by atoms with E-state index in [0.29, 0.717) is 17.8 Å². The van der Waals surface area contributed by atoms with Gasteiger partial charge in [0.15, 0.2) is 0 Å². The molecule has 0 radical (unpaired) electrons. The lowest BCUT2D eigenvalue weighted by molar-refractivity contribution is -0.142. The van der Waals surface area contributed by atoms with Gasteiger partial charge in [0.05, 0.1) is 11.2 Å². The minimum Gasteiger partial charge on any atom is -0.480 e. The molecule has 0 saturated heterocycles. The topological polar surface area (TPSA) is 70.5 Å². The lowest BCUT2D eigenvalue weighted by Crippen LogP contribution is -2.48. The number of hydrogen-bond acceptors (Lipinski definition) is 4. The molecule has 2 aromatic rings. The molecule has 0 bridgehead atoms. The minimum atomic E-state index is -0.990. The summed E-state index contributed by atoms with van der Waals surface area (Å²) in [6.07, 6.45) is 1.81. The molecule has 1 aromatic carbocycles. The molecule has 1 aromatic heterocycles. The van der Waals surface area contributed by atoms with Crippen LogP contribution in [0.5, 0.6) is 0 Å². The third-order valence-corrected chi connectivity index (χ3v) is 5.35. The third kappa shape index (κ3) is 2.66. The molecule has 2 heterocycles. The highest BCUT2D eigenvalue weighted by molar-refractivity contribution is 9.10. The second-order valence-corrected chi connectivity index (χ2v) is 7.20. The number of carboxylic acid groups (broad SMARTS) is 1. The highest BCUT2D eigenvalue weighted by atomic mass is 79.9. The molecule has 0 saturated carbocycles. The van der Waals surface area contributed by atoms with E-state index >= 15 is 0 Å². The van der Waals surface area contributed by atoms with E-state index in [1.807, 2.05) is 25.1 Å². The van der Waals surface area contributed by atoms with Gasteiger partial charge in [0.2, 0.25) is 0 Å². The second-order valence-electron chi connectivity index (χ2n) is 5.11. The second kappa shape index (κ2) is 5.81. The Morgan fingerprint density at radius 1 is 1.45 bits per heavy atom. The number of rotatable bonds is 2. The summed E-state index contributed by atoms with van der Waals surface area (Å²) in [5, 5.41) is 10.3. The fraction of sp³-hybridized carbons (Fsp3) is 0.267. The quantitative estimate of drug-likeness (QED) is 0.869.